The summed E-state index contributed by atoms with van der Waals surface area (Å²) in [6.07, 6.45) is 4.96. The summed E-state index contributed by atoms with van der Waals surface area (Å²) in [5, 5.41) is 3.10. The number of hydrogen-bond acceptors (Lipinski definition) is 2. The van der Waals surface area contributed by atoms with E-state index in [4.69, 9.17) is 4.74 Å². The van der Waals surface area contributed by atoms with Crippen molar-refractivity contribution in [2.75, 3.05) is 6.61 Å². The molecular weight excluding hydrogens is 202 g/mol. The summed E-state index contributed by atoms with van der Waals surface area (Å²) in [6, 6.07) is 0.319. The highest BCUT2D eigenvalue weighted by atomic mass is 16.5. The van der Waals surface area contributed by atoms with Gasteiger partial charge in [0.05, 0.1) is 0 Å². The maximum absolute atomic E-state index is 11.8. The predicted octanol–water partition coefficient (Wildman–Crippen LogP) is 2.50. The molecule has 0 saturated carbocycles. The predicted molar refractivity (Wildman–Crippen MR) is 65.3 cm³/mol. The number of nitrogens with one attached hydrogen (secondary N) is 1. The van der Waals surface area contributed by atoms with E-state index in [-0.39, 0.29) is 12.0 Å². The molecule has 1 amide bonds. The van der Waals surface area contributed by atoms with Crippen molar-refractivity contribution >= 4 is 5.91 Å². The van der Waals surface area contributed by atoms with Gasteiger partial charge in [0.2, 0.25) is 5.91 Å². The van der Waals surface area contributed by atoms with Gasteiger partial charge in [0.1, 0.15) is 6.10 Å². The monoisotopic (exact) mass is 227 g/mol. The first kappa shape index (κ1) is 13.5. The van der Waals surface area contributed by atoms with Crippen LogP contribution >= 0.6 is 0 Å². The Morgan fingerprint density at radius 1 is 1.44 bits per heavy atom. The third-order valence-corrected chi connectivity index (χ3v) is 3.15. The van der Waals surface area contributed by atoms with E-state index in [1.54, 1.807) is 0 Å². The number of ether oxygens (including phenoxy) is 1. The molecule has 0 aromatic rings. The van der Waals surface area contributed by atoms with E-state index < -0.39 is 0 Å². The highest BCUT2D eigenvalue weighted by molar-refractivity contribution is 5.81. The van der Waals surface area contributed by atoms with Gasteiger partial charge >= 0.3 is 0 Å². The Morgan fingerprint density at radius 2 is 2.19 bits per heavy atom. The molecule has 2 atom stereocenters. The lowest BCUT2D eigenvalue weighted by molar-refractivity contribution is -0.130. The second-order valence-corrected chi connectivity index (χ2v) is 5.09. The molecule has 1 N–H and O–H groups in total. The Labute approximate surface area is 98.9 Å². The molecule has 1 saturated heterocycles. The average Bonchev–Trinajstić information content (AvgIpc) is 2.76. The zero-order valence-corrected chi connectivity index (χ0v) is 10.8. The van der Waals surface area contributed by atoms with Crippen molar-refractivity contribution in [3.63, 3.8) is 0 Å². The molecule has 1 rings (SSSR count). The fraction of sp³-hybridized carbons (Fsp3) is 0.923. The van der Waals surface area contributed by atoms with Crippen molar-refractivity contribution in [1.82, 2.24) is 5.32 Å². The van der Waals surface area contributed by atoms with Crippen molar-refractivity contribution < 1.29 is 9.53 Å². The van der Waals surface area contributed by atoms with Crippen LogP contribution in [0.3, 0.4) is 0 Å². The van der Waals surface area contributed by atoms with Crippen molar-refractivity contribution in [3.8, 4) is 0 Å². The van der Waals surface area contributed by atoms with E-state index in [2.05, 4.69) is 26.1 Å². The standard InChI is InChI=1S/C13H25NO2/c1-4-11(8-7-10(2)3)14-13(15)12-6-5-9-16-12/h10-12H,4-9H2,1-3H3,(H,14,15)/t11?,12-/m1/s1. The molecule has 1 aliphatic heterocycles. The number of carbonyl (C=O) groups excluding carboxylic acids is 1. The molecule has 0 aromatic carbocycles. The zero-order chi connectivity index (χ0) is 12.0. The molecule has 1 aliphatic rings. The van der Waals surface area contributed by atoms with Gasteiger partial charge in [0.25, 0.3) is 0 Å². The number of rotatable bonds is 6. The highest BCUT2D eigenvalue weighted by Gasteiger charge is 2.24. The fourth-order valence-electron chi connectivity index (χ4n) is 1.99. The topological polar surface area (TPSA) is 38.3 Å². The first-order chi connectivity index (χ1) is 7.63. The van der Waals surface area contributed by atoms with E-state index in [0.717, 1.165) is 32.3 Å². The summed E-state index contributed by atoms with van der Waals surface area (Å²) in [5.41, 5.74) is 0. The fourth-order valence-corrected chi connectivity index (χ4v) is 1.99. The molecule has 3 nitrogen and oxygen atoms in total. The van der Waals surface area contributed by atoms with Crippen LogP contribution in [0.25, 0.3) is 0 Å². The van der Waals surface area contributed by atoms with Crippen molar-refractivity contribution in [2.45, 2.75) is 65.0 Å². The summed E-state index contributed by atoms with van der Waals surface area (Å²) in [5.74, 6) is 0.793. The molecule has 0 radical (unpaired) electrons. The highest BCUT2D eigenvalue weighted by Crippen LogP contribution is 2.14. The second kappa shape index (κ2) is 6.89. The quantitative estimate of drug-likeness (QED) is 0.757. The lowest BCUT2D eigenvalue weighted by atomic mass is 10.0. The summed E-state index contributed by atoms with van der Waals surface area (Å²) >= 11 is 0. The lowest BCUT2D eigenvalue weighted by Crippen LogP contribution is -2.41. The minimum Gasteiger partial charge on any atom is -0.368 e. The van der Waals surface area contributed by atoms with Crippen molar-refractivity contribution in [2.24, 2.45) is 5.92 Å². The maximum atomic E-state index is 11.8. The molecule has 0 aliphatic carbocycles. The van der Waals surface area contributed by atoms with Crippen molar-refractivity contribution in [3.05, 3.63) is 0 Å². The zero-order valence-electron chi connectivity index (χ0n) is 10.8. The third kappa shape index (κ3) is 4.52. The van der Waals surface area contributed by atoms with Gasteiger partial charge in [-0.15, -0.1) is 0 Å². The minimum atomic E-state index is -0.187. The Hall–Kier alpha value is -0.570. The van der Waals surface area contributed by atoms with Gasteiger partial charge in [0, 0.05) is 12.6 Å². The summed E-state index contributed by atoms with van der Waals surface area (Å²) < 4.78 is 5.37. The van der Waals surface area contributed by atoms with Crippen LogP contribution in [0.1, 0.15) is 52.9 Å². The Morgan fingerprint density at radius 3 is 2.69 bits per heavy atom. The van der Waals surface area contributed by atoms with Gasteiger partial charge in [-0.3, -0.25) is 4.79 Å². The molecule has 1 unspecified atom stereocenters. The van der Waals surface area contributed by atoms with Gasteiger partial charge < -0.3 is 10.1 Å². The Balaban J connectivity index is 2.28. The molecular formula is C13H25NO2. The van der Waals surface area contributed by atoms with Gasteiger partial charge in [0.15, 0.2) is 0 Å². The number of carbonyl (C=O) groups is 1. The van der Waals surface area contributed by atoms with E-state index in [1.165, 1.54) is 6.42 Å². The molecule has 0 aromatic heterocycles. The number of amides is 1. The van der Waals surface area contributed by atoms with Crippen LogP contribution in [-0.2, 0) is 9.53 Å². The largest absolute Gasteiger partial charge is 0.368 e. The van der Waals surface area contributed by atoms with Gasteiger partial charge in [-0.05, 0) is 38.0 Å². The smallest absolute Gasteiger partial charge is 0.249 e. The van der Waals surface area contributed by atoms with E-state index in [9.17, 15) is 4.79 Å². The SMILES string of the molecule is CCC(CCC(C)C)NC(=O)[C@H]1CCCO1. The minimum absolute atomic E-state index is 0.0908. The first-order valence-corrected chi connectivity index (χ1v) is 6.55. The molecule has 3 heteroatoms. The van der Waals surface area contributed by atoms with Crippen LogP contribution in [0, 0.1) is 5.92 Å². The molecule has 0 bridgehead atoms. The Kier molecular flexibility index (Phi) is 5.81. The summed E-state index contributed by atoms with van der Waals surface area (Å²) in [6.45, 7) is 7.30. The normalized spacial score (nSPS) is 22.4. The molecule has 1 fully saturated rings. The summed E-state index contributed by atoms with van der Waals surface area (Å²) in [7, 11) is 0. The molecule has 16 heavy (non-hydrogen) atoms. The van der Waals surface area contributed by atoms with Crippen LogP contribution < -0.4 is 5.32 Å². The maximum Gasteiger partial charge on any atom is 0.249 e. The van der Waals surface area contributed by atoms with Gasteiger partial charge in [-0.25, -0.2) is 0 Å². The Bertz CT molecular complexity index is 210. The van der Waals surface area contributed by atoms with Crippen molar-refractivity contribution in [1.29, 1.82) is 0 Å². The average molecular weight is 227 g/mol. The van der Waals surface area contributed by atoms with Crippen LogP contribution in [-0.4, -0.2) is 24.7 Å². The van der Waals surface area contributed by atoms with E-state index >= 15 is 0 Å². The van der Waals surface area contributed by atoms with Crippen LogP contribution in [0.2, 0.25) is 0 Å². The van der Waals surface area contributed by atoms with Crippen LogP contribution in [0.5, 0.6) is 0 Å². The van der Waals surface area contributed by atoms with E-state index in [1.807, 2.05) is 0 Å². The van der Waals surface area contributed by atoms with Gasteiger partial charge in [-0.2, -0.15) is 0 Å². The third-order valence-electron chi connectivity index (χ3n) is 3.15. The van der Waals surface area contributed by atoms with E-state index in [0.29, 0.717) is 12.0 Å². The molecule has 94 valence electrons. The summed E-state index contributed by atoms with van der Waals surface area (Å²) in [4.78, 5) is 11.8. The molecule has 1 heterocycles. The second-order valence-electron chi connectivity index (χ2n) is 5.09. The lowest BCUT2D eigenvalue weighted by Gasteiger charge is -2.20. The molecule has 0 spiro atoms. The van der Waals surface area contributed by atoms with Crippen LogP contribution in [0.15, 0.2) is 0 Å². The van der Waals surface area contributed by atoms with Crippen LogP contribution in [0.4, 0.5) is 0 Å². The number of hydrogen-bond donors (Lipinski definition) is 1. The van der Waals surface area contributed by atoms with Gasteiger partial charge in [-0.1, -0.05) is 20.8 Å². The first-order valence-electron chi connectivity index (χ1n) is 6.55.